The number of carbonyl (C=O) groups excluding carboxylic acids is 1. The quantitative estimate of drug-likeness (QED) is 0.897. The molecule has 1 amide bonds. The van der Waals surface area contributed by atoms with E-state index in [0.717, 1.165) is 0 Å². The molecule has 1 heterocycles. The highest BCUT2D eigenvalue weighted by Crippen LogP contribution is 2.46. The Kier molecular flexibility index (Phi) is 4.66. The predicted octanol–water partition coefficient (Wildman–Crippen LogP) is 2.04. The van der Waals surface area contributed by atoms with Gasteiger partial charge in [0.2, 0.25) is 0 Å². The molecule has 6 heteroatoms. The lowest BCUT2D eigenvalue weighted by Crippen LogP contribution is -2.20. The number of hydrogen-bond donors (Lipinski definition) is 1. The molecule has 98 valence electrons. The Bertz CT molecular complexity index is 433. The first kappa shape index (κ1) is 13.4. The molecule has 0 radical (unpaired) electrons. The molecule has 0 aromatic heterocycles. The number of thioether (sulfide) groups is 2. The minimum absolute atomic E-state index is 0.136. The van der Waals surface area contributed by atoms with Gasteiger partial charge >= 0.3 is 0 Å². The van der Waals surface area contributed by atoms with Crippen LogP contribution < -0.4 is 15.2 Å². The largest absolute Gasteiger partial charge is 0.493 e. The second-order valence-electron chi connectivity index (χ2n) is 3.74. The Morgan fingerprint density at radius 2 is 2.11 bits per heavy atom. The number of methoxy groups -OCH3 is 1. The Morgan fingerprint density at radius 1 is 1.39 bits per heavy atom. The number of hydrogen-bond acceptors (Lipinski definition) is 5. The molecule has 0 unspecified atom stereocenters. The molecule has 1 aromatic carbocycles. The highest BCUT2D eigenvalue weighted by atomic mass is 32.2. The molecule has 4 nitrogen and oxygen atoms in total. The minimum Gasteiger partial charge on any atom is -0.493 e. The molecule has 2 N–H and O–H groups in total. The number of ether oxygens (including phenoxy) is 2. The Balaban J connectivity index is 2.14. The molecule has 0 bridgehead atoms. The van der Waals surface area contributed by atoms with Gasteiger partial charge in [0.1, 0.15) is 0 Å². The van der Waals surface area contributed by atoms with E-state index in [1.807, 2.05) is 41.7 Å². The van der Waals surface area contributed by atoms with Crippen molar-refractivity contribution in [3.8, 4) is 11.5 Å². The standard InChI is InChI=1S/C12H15NO3S2/c1-15-10-6-8(12-17-4-5-18-12)2-3-9(10)16-7-11(13)14/h2-3,6,12H,4-5,7H2,1H3,(H2,13,14). The summed E-state index contributed by atoms with van der Waals surface area (Å²) in [6.45, 7) is -0.136. The molecule has 1 aliphatic heterocycles. The van der Waals surface area contributed by atoms with Crippen molar-refractivity contribution in [2.45, 2.75) is 4.58 Å². The van der Waals surface area contributed by atoms with Gasteiger partial charge in [-0.05, 0) is 17.7 Å². The van der Waals surface area contributed by atoms with E-state index in [1.165, 1.54) is 17.1 Å². The fourth-order valence-electron chi connectivity index (χ4n) is 1.65. The molecule has 2 rings (SSSR count). The van der Waals surface area contributed by atoms with E-state index in [2.05, 4.69) is 0 Å². The molecule has 0 saturated carbocycles. The smallest absolute Gasteiger partial charge is 0.255 e. The fraction of sp³-hybridized carbons (Fsp3) is 0.417. The van der Waals surface area contributed by atoms with Crippen molar-refractivity contribution in [1.29, 1.82) is 0 Å². The first-order valence-corrected chi connectivity index (χ1v) is 7.62. The molecular weight excluding hydrogens is 270 g/mol. The van der Waals surface area contributed by atoms with Crippen molar-refractivity contribution in [3.05, 3.63) is 23.8 Å². The lowest BCUT2D eigenvalue weighted by molar-refractivity contribution is -0.119. The summed E-state index contributed by atoms with van der Waals surface area (Å²) in [5.41, 5.74) is 6.26. The monoisotopic (exact) mass is 285 g/mol. The highest BCUT2D eigenvalue weighted by molar-refractivity contribution is 8.19. The molecule has 0 aliphatic carbocycles. The molecule has 1 aromatic rings. The third kappa shape index (κ3) is 3.26. The van der Waals surface area contributed by atoms with Gasteiger partial charge < -0.3 is 15.2 Å². The number of benzene rings is 1. The average molecular weight is 285 g/mol. The summed E-state index contributed by atoms with van der Waals surface area (Å²) in [6, 6.07) is 5.80. The molecule has 1 fully saturated rings. The summed E-state index contributed by atoms with van der Waals surface area (Å²) >= 11 is 3.86. The lowest BCUT2D eigenvalue weighted by atomic mass is 10.2. The Hall–Kier alpha value is -1.01. The maximum absolute atomic E-state index is 10.7. The normalized spacial score (nSPS) is 15.6. The predicted molar refractivity (Wildman–Crippen MR) is 75.3 cm³/mol. The van der Waals surface area contributed by atoms with E-state index < -0.39 is 5.91 Å². The van der Waals surface area contributed by atoms with Gasteiger partial charge in [-0.25, -0.2) is 0 Å². The summed E-state index contributed by atoms with van der Waals surface area (Å²) < 4.78 is 11.0. The summed E-state index contributed by atoms with van der Waals surface area (Å²) in [5, 5.41) is 0. The van der Waals surface area contributed by atoms with Gasteiger partial charge in [0.25, 0.3) is 5.91 Å². The number of amides is 1. The van der Waals surface area contributed by atoms with E-state index >= 15 is 0 Å². The van der Waals surface area contributed by atoms with Crippen LogP contribution in [-0.4, -0.2) is 31.1 Å². The van der Waals surface area contributed by atoms with Crippen LogP contribution in [0.5, 0.6) is 11.5 Å². The first-order valence-electron chi connectivity index (χ1n) is 5.53. The second kappa shape index (κ2) is 6.24. The van der Waals surface area contributed by atoms with Gasteiger partial charge in [0, 0.05) is 11.5 Å². The van der Waals surface area contributed by atoms with Gasteiger partial charge in [-0.1, -0.05) is 6.07 Å². The Labute approximate surface area is 115 Å². The van der Waals surface area contributed by atoms with Gasteiger partial charge in [-0.3, -0.25) is 4.79 Å². The number of carbonyl (C=O) groups is 1. The van der Waals surface area contributed by atoms with Crippen molar-refractivity contribution in [1.82, 2.24) is 0 Å². The van der Waals surface area contributed by atoms with E-state index in [-0.39, 0.29) is 6.61 Å². The van der Waals surface area contributed by atoms with Crippen LogP contribution in [0.2, 0.25) is 0 Å². The van der Waals surface area contributed by atoms with Crippen LogP contribution in [0.25, 0.3) is 0 Å². The zero-order valence-corrected chi connectivity index (χ0v) is 11.7. The number of rotatable bonds is 5. The van der Waals surface area contributed by atoms with Crippen molar-refractivity contribution < 1.29 is 14.3 Å². The van der Waals surface area contributed by atoms with Gasteiger partial charge in [0.05, 0.1) is 11.7 Å². The summed E-state index contributed by atoms with van der Waals surface area (Å²) in [4.78, 5) is 10.7. The molecule has 1 saturated heterocycles. The first-order chi connectivity index (χ1) is 8.70. The van der Waals surface area contributed by atoms with Crippen LogP contribution in [0, 0.1) is 0 Å². The third-order valence-corrected chi connectivity index (χ3v) is 5.56. The van der Waals surface area contributed by atoms with Gasteiger partial charge in [-0.2, -0.15) is 0 Å². The van der Waals surface area contributed by atoms with Crippen LogP contribution in [0.15, 0.2) is 18.2 Å². The second-order valence-corrected chi connectivity index (χ2v) is 6.46. The number of nitrogens with two attached hydrogens (primary N) is 1. The molecule has 18 heavy (non-hydrogen) atoms. The Morgan fingerprint density at radius 3 is 2.72 bits per heavy atom. The zero-order valence-electron chi connectivity index (χ0n) is 10.0. The molecule has 0 atom stereocenters. The van der Waals surface area contributed by atoms with E-state index in [0.29, 0.717) is 16.1 Å². The van der Waals surface area contributed by atoms with Crippen LogP contribution in [0.1, 0.15) is 10.1 Å². The number of primary amides is 1. The maximum Gasteiger partial charge on any atom is 0.255 e. The van der Waals surface area contributed by atoms with Crippen LogP contribution in [-0.2, 0) is 4.79 Å². The zero-order chi connectivity index (χ0) is 13.0. The topological polar surface area (TPSA) is 61.6 Å². The van der Waals surface area contributed by atoms with Crippen molar-refractivity contribution >= 4 is 29.4 Å². The SMILES string of the molecule is COc1cc(C2SCCS2)ccc1OCC(N)=O. The van der Waals surface area contributed by atoms with Crippen LogP contribution in [0.3, 0.4) is 0 Å². The highest BCUT2D eigenvalue weighted by Gasteiger charge is 2.19. The molecular formula is C12H15NO3S2. The van der Waals surface area contributed by atoms with Crippen LogP contribution in [0.4, 0.5) is 0 Å². The van der Waals surface area contributed by atoms with Crippen LogP contribution >= 0.6 is 23.5 Å². The fourth-order valence-corrected chi connectivity index (χ4v) is 4.49. The summed E-state index contributed by atoms with van der Waals surface area (Å²) in [6.07, 6.45) is 0. The average Bonchev–Trinajstić information content (AvgIpc) is 2.90. The van der Waals surface area contributed by atoms with Crippen molar-refractivity contribution in [2.24, 2.45) is 5.73 Å². The van der Waals surface area contributed by atoms with Crippen molar-refractivity contribution in [3.63, 3.8) is 0 Å². The van der Waals surface area contributed by atoms with Crippen molar-refractivity contribution in [2.75, 3.05) is 25.2 Å². The van der Waals surface area contributed by atoms with Gasteiger partial charge in [-0.15, -0.1) is 23.5 Å². The summed E-state index contributed by atoms with van der Waals surface area (Å²) in [7, 11) is 1.59. The van der Waals surface area contributed by atoms with E-state index in [4.69, 9.17) is 15.2 Å². The van der Waals surface area contributed by atoms with E-state index in [9.17, 15) is 4.79 Å². The van der Waals surface area contributed by atoms with E-state index in [1.54, 1.807) is 7.11 Å². The molecule has 0 spiro atoms. The summed E-state index contributed by atoms with van der Waals surface area (Å²) in [5.74, 6) is 3.05. The maximum atomic E-state index is 10.7. The van der Waals surface area contributed by atoms with Gasteiger partial charge in [0.15, 0.2) is 18.1 Å². The lowest BCUT2D eigenvalue weighted by Gasteiger charge is -2.13. The minimum atomic E-state index is -0.497. The third-order valence-electron chi connectivity index (χ3n) is 2.45. The molecule has 1 aliphatic rings.